The first kappa shape index (κ1) is 20.1. The lowest BCUT2D eigenvalue weighted by atomic mass is 10.0. The summed E-state index contributed by atoms with van der Waals surface area (Å²) in [5.41, 5.74) is 1.07. The Bertz CT molecular complexity index is 828. The molecule has 0 saturated carbocycles. The highest BCUT2D eigenvalue weighted by atomic mass is 32.2. The first-order chi connectivity index (χ1) is 13.6. The van der Waals surface area contributed by atoms with Crippen LogP contribution in [0.15, 0.2) is 41.7 Å². The summed E-state index contributed by atoms with van der Waals surface area (Å²) >= 11 is 1.37. The van der Waals surface area contributed by atoms with Gasteiger partial charge in [0, 0.05) is 24.3 Å². The molecule has 8 heteroatoms. The molecule has 7 nitrogen and oxygen atoms in total. The number of carbonyl (C=O) groups excluding carboxylic acids is 2. The number of piperidine rings is 1. The van der Waals surface area contributed by atoms with Crippen molar-refractivity contribution < 1.29 is 14.3 Å². The second-order valence-electron chi connectivity index (χ2n) is 6.66. The van der Waals surface area contributed by atoms with E-state index in [2.05, 4.69) is 31.8 Å². The van der Waals surface area contributed by atoms with E-state index in [4.69, 9.17) is 0 Å². The van der Waals surface area contributed by atoms with Gasteiger partial charge < -0.3 is 15.0 Å². The highest BCUT2D eigenvalue weighted by molar-refractivity contribution is 7.99. The number of rotatable bonds is 6. The Morgan fingerprint density at radius 2 is 2.04 bits per heavy atom. The number of benzene rings is 1. The van der Waals surface area contributed by atoms with Crippen molar-refractivity contribution in [1.82, 2.24) is 9.97 Å². The summed E-state index contributed by atoms with van der Waals surface area (Å²) in [6, 6.07) is 9.00. The lowest BCUT2D eigenvalue weighted by Crippen LogP contribution is -2.38. The molecular weight excluding hydrogens is 376 g/mol. The van der Waals surface area contributed by atoms with Crippen LogP contribution in [0.4, 0.5) is 11.5 Å². The molecule has 1 saturated heterocycles. The van der Waals surface area contributed by atoms with Crippen molar-refractivity contribution in [1.29, 1.82) is 0 Å². The molecule has 1 aromatic carbocycles. The largest absolute Gasteiger partial charge is 0.465 e. The van der Waals surface area contributed by atoms with Gasteiger partial charge in [0.15, 0.2) is 0 Å². The number of carbonyl (C=O) groups is 2. The van der Waals surface area contributed by atoms with Crippen LogP contribution in [0.1, 0.15) is 36.5 Å². The zero-order chi connectivity index (χ0) is 19.9. The Morgan fingerprint density at radius 1 is 1.25 bits per heavy atom. The fraction of sp³-hybridized carbons (Fsp3) is 0.400. The molecule has 0 aliphatic carbocycles. The lowest BCUT2D eigenvalue weighted by molar-refractivity contribution is -0.113. The Hall–Kier alpha value is -2.61. The molecule has 0 bridgehead atoms. The summed E-state index contributed by atoms with van der Waals surface area (Å²) in [4.78, 5) is 34.6. The van der Waals surface area contributed by atoms with E-state index < -0.39 is 5.97 Å². The number of anilines is 2. The topological polar surface area (TPSA) is 84.4 Å². The maximum Gasteiger partial charge on any atom is 0.337 e. The molecule has 1 N–H and O–H groups in total. The third-order valence-corrected chi connectivity index (χ3v) is 5.59. The zero-order valence-corrected chi connectivity index (χ0v) is 16.9. The average Bonchev–Trinajstić information content (AvgIpc) is 2.73. The van der Waals surface area contributed by atoms with E-state index in [0.29, 0.717) is 17.3 Å². The molecule has 0 unspecified atom stereocenters. The van der Waals surface area contributed by atoms with Crippen LogP contribution >= 0.6 is 11.8 Å². The van der Waals surface area contributed by atoms with E-state index in [1.54, 1.807) is 30.6 Å². The van der Waals surface area contributed by atoms with Crippen molar-refractivity contribution in [2.24, 2.45) is 0 Å². The molecule has 28 heavy (non-hydrogen) atoms. The number of ether oxygens (including phenoxy) is 1. The predicted molar refractivity (Wildman–Crippen MR) is 110 cm³/mol. The third kappa shape index (κ3) is 5.22. The van der Waals surface area contributed by atoms with Crippen molar-refractivity contribution in [2.75, 3.05) is 29.6 Å². The zero-order valence-electron chi connectivity index (χ0n) is 16.1. The minimum Gasteiger partial charge on any atom is -0.465 e. The van der Waals surface area contributed by atoms with Crippen LogP contribution in [0.3, 0.4) is 0 Å². The average molecular weight is 401 g/mol. The number of esters is 1. The van der Waals surface area contributed by atoms with Crippen LogP contribution in [0.25, 0.3) is 0 Å². The first-order valence-electron chi connectivity index (χ1n) is 9.26. The predicted octanol–water partition coefficient (Wildman–Crippen LogP) is 3.37. The van der Waals surface area contributed by atoms with Crippen LogP contribution in [-0.2, 0) is 9.53 Å². The van der Waals surface area contributed by atoms with Crippen LogP contribution in [-0.4, -0.2) is 47.3 Å². The minimum atomic E-state index is -0.406. The number of nitrogens with one attached hydrogen (secondary N) is 1. The van der Waals surface area contributed by atoms with E-state index in [0.717, 1.165) is 17.4 Å². The third-order valence-electron chi connectivity index (χ3n) is 4.67. The fourth-order valence-corrected chi connectivity index (χ4v) is 3.81. The molecule has 2 heterocycles. The van der Waals surface area contributed by atoms with Gasteiger partial charge in [0.2, 0.25) is 5.91 Å². The van der Waals surface area contributed by atoms with Gasteiger partial charge in [-0.15, -0.1) is 0 Å². The van der Waals surface area contributed by atoms with Crippen LogP contribution in [0, 0.1) is 0 Å². The van der Waals surface area contributed by atoms with Crippen molar-refractivity contribution in [2.45, 2.75) is 37.3 Å². The molecular formula is C20H24N4O3S. The highest BCUT2D eigenvalue weighted by Gasteiger charge is 2.20. The molecule has 1 aromatic heterocycles. The molecule has 1 fully saturated rings. The number of aromatic nitrogens is 2. The van der Waals surface area contributed by atoms with Gasteiger partial charge in [0.05, 0.1) is 18.4 Å². The fourth-order valence-electron chi connectivity index (χ4n) is 3.15. The van der Waals surface area contributed by atoms with Gasteiger partial charge in [-0.05, 0) is 50.5 Å². The van der Waals surface area contributed by atoms with Gasteiger partial charge in [-0.25, -0.2) is 14.8 Å². The Labute approximate surface area is 168 Å². The van der Waals surface area contributed by atoms with Gasteiger partial charge >= 0.3 is 5.97 Å². The smallest absolute Gasteiger partial charge is 0.337 e. The van der Waals surface area contributed by atoms with Gasteiger partial charge in [-0.2, -0.15) is 0 Å². The molecule has 1 aliphatic rings. The van der Waals surface area contributed by atoms with E-state index in [1.165, 1.54) is 38.1 Å². The molecule has 0 spiro atoms. The number of hydrogen-bond acceptors (Lipinski definition) is 7. The molecule has 1 atom stereocenters. The van der Waals surface area contributed by atoms with Gasteiger partial charge in [-0.1, -0.05) is 11.8 Å². The van der Waals surface area contributed by atoms with Crippen molar-refractivity contribution in [3.8, 4) is 0 Å². The van der Waals surface area contributed by atoms with Crippen molar-refractivity contribution in [3.63, 3.8) is 0 Å². The lowest BCUT2D eigenvalue weighted by Gasteiger charge is -2.34. The first-order valence-corrected chi connectivity index (χ1v) is 10.2. The van der Waals surface area contributed by atoms with Gasteiger partial charge in [0.1, 0.15) is 17.2 Å². The second-order valence-corrected chi connectivity index (χ2v) is 7.65. The second kappa shape index (κ2) is 9.54. The number of amides is 1. The molecule has 1 amide bonds. The molecule has 148 valence electrons. The summed E-state index contributed by atoms with van der Waals surface area (Å²) < 4.78 is 4.66. The maximum absolute atomic E-state index is 12.2. The number of thioether (sulfide) groups is 1. The maximum atomic E-state index is 12.2. The SMILES string of the molecule is COC(=O)c1ccc(NC(=O)CSc2cc(N3CCCC[C@@H]3C)ncn2)cc1. The summed E-state index contributed by atoms with van der Waals surface area (Å²) in [7, 11) is 1.33. The summed E-state index contributed by atoms with van der Waals surface area (Å²) in [5, 5.41) is 3.59. The Morgan fingerprint density at radius 3 is 2.75 bits per heavy atom. The molecule has 2 aromatic rings. The van der Waals surface area contributed by atoms with Crippen molar-refractivity contribution >= 4 is 35.1 Å². The molecule has 3 rings (SSSR count). The number of hydrogen-bond donors (Lipinski definition) is 1. The van der Waals surface area contributed by atoms with Crippen LogP contribution in [0.5, 0.6) is 0 Å². The standard InChI is InChI=1S/C20H24N4O3S/c1-14-5-3-4-10-24(14)17-11-19(22-13-21-17)28-12-18(25)23-16-8-6-15(7-9-16)20(26)27-2/h6-9,11,13-14H,3-5,10,12H2,1-2H3,(H,23,25)/t14-/m0/s1. The van der Waals surface area contributed by atoms with E-state index in [1.807, 2.05) is 6.07 Å². The quantitative estimate of drug-likeness (QED) is 0.452. The van der Waals surface area contributed by atoms with E-state index in [-0.39, 0.29) is 11.7 Å². The van der Waals surface area contributed by atoms with Crippen LogP contribution in [0.2, 0.25) is 0 Å². The molecule has 1 aliphatic heterocycles. The number of nitrogens with zero attached hydrogens (tertiary/aromatic N) is 3. The summed E-state index contributed by atoms with van der Waals surface area (Å²) in [5.74, 6) is 0.618. The van der Waals surface area contributed by atoms with E-state index in [9.17, 15) is 9.59 Å². The monoisotopic (exact) mass is 400 g/mol. The summed E-state index contributed by atoms with van der Waals surface area (Å²) in [6.07, 6.45) is 5.16. The Kier molecular flexibility index (Phi) is 6.86. The minimum absolute atomic E-state index is 0.137. The summed E-state index contributed by atoms with van der Waals surface area (Å²) in [6.45, 7) is 3.22. The Balaban J connectivity index is 1.54. The highest BCUT2D eigenvalue weighted by Crippen LogP contribution is 2.25. The van der Waals surface area contributed by atoms with Crippen molar-refractivity contribution in [3.05, 3.63) is 42.2 Å². The van der Waals surface area contributed by atoms with Crippen LogP contribution < -0.4 is 10.2 Å². The van der Waals surface area contributed by atoms with E-state index >= 15 is 0 Å². The molecule has 0 radical (unpaired) electrons. The normalized spacial score (nSPS) is 16.5. The van der Waals surface area contributed by atoms with Gasteiger partial charge in [0.25, 0.3) is 0 Å². The number of methoxy groups -OCH3 is 1. The van der Waals surface area contributed by atoms with Gasteiger partial charge in [-0.3, -0.25) is 4.79 Å².